The van der Waals surface area contributed by atoms with Crippen LogP contribution in [0.4, 0.5) is 0 Å². The zero-order chi connectivity index (χ0) is 10.5. The van der Waals surface area contributed by atoms with Crippen LogP contribution in [0.2, 0.25) is 0 Å². The zero-order valence-electron chi connectivity index (χ0n) is 10.0. The van der Waals surface area contributed by atoms with Gasteiger partial charge in [0.2, 0.25) is 0 Å². The summed E-state index contributed by atoms with van der Waals surface area (Å²) in [6.45, 7) is 3.00. The average molecular weight is 296 g/mol. The summed E-state index contributed by atoms with van der Waals surface area (Å²) >= 11 is 0. The topological polar surface area (TPSA) is 20.2 Å². The molecule has 0 aromatic rings. The van der Waals surface area contributed by atoms with Crippen LogP contribution >= 0.6 is 0 Å². The molecule has 0 aliphatic heterocycles. The summed E-state index contributed by atoms with van der Waals surface area (Å²) in [7, 11) is 0. The van der Waals surface area contributed by atoms with Crippen molar-refractivity contribution in [3.63, 3.8) is 0 Å². The van der Waals surface area contributed by atoms with Crippen molar-refractivity contribution in [2.75, 3.05) is 0 Å². The zero-order valence-corrected chi connectivity index (χ0v) is 12.5. The van der Waals surface area contributed by atoms with E-state index in [0.717, 1.165) is 13.0 Å². The Morgan fingerprint density at radius 2 is 0.875 bits per heavy atom. The molecule has 0 spiro atoms. The Morgan fingerprint density at radius 1 is 0.750 bits per heavy atom. The molecule has 1 nitrogen and oxygen atoms in total. The van der Waals surface area contributed by atoms with Crippen molar-refractivity contribution in [3.8, 4) is 0 Å². The summed E-state index contributed by atoms with van der Waals surface area (Å²) in [5.41, 5.74) is 0. The maximum Gasteiger partial charge on any atom is 2.00 e. The van der Waals surface area contributed by atoms with Crippen LogP contribution in [0.1, 0.15) is 13.3 Å². The van der Waals surface area contributed by atoms with Crippen LogP contribution in [0.25, 0.3) is 0 Å². The van der Waals surface area contributed by atoms with E-state index < -0.39 is 0 Å². The van der Waals surface area contributed by atoms with Crippen LogP contribution in [0.3, 0.4) is 0 Å². The van der Waals surface area contributed by atoms with E-state index in [-0.39, 0.29) is 33.6 Å². The molecule has 0 amide bonds. The molecule has 1 N–H and O–H groups in total. The maximum absolute atomic E-state index is 7.75. The molecule has 2 aliphatic carbocycles. The Morgan fingerprint density at radius 3 is 0.938 bits per heavy atom. The van der Waals surface area contributed by atoms with Gasteiger partial charge in [-0.25, -0.2) is 6.61 Å². The van der Waals surface area contributed by atoms with Gasteiger partial charge in [0.25, 0.3) is 0 Å². The predicted molar refractivity (Wildman–Crippen MR) is 65.9 cm³/mol. The predicted octanol–water partition coefficient (Wildman–Crippen LogP) is 3.42. The third-order valence-electron chi connectivity index (χ3n) is 1.29. The standard InChI is InChI=1S/2C5H5.C3H7O.CH3.Zr/c2*1-2-4-5-3-1;1-2-3-4;;/h2*1-5H;3-4H,2H2,1H3;1H3;/q;;2*-1;+2. The first-order chi connectivity index (χ1) is 6.91. The quantitative estimate of drug-likeness (QED) is 0.735. The molecule has 2 saturated carbocycles. The first-order valence-electron chi connectivity index (χ1n) is 4.71. The molecule has 2 aliphatic rings. The van der Waals surface area contributed by atoms with Gasteiger partial charge in [-0.15, -0.1) is 0 Å². The minimum Gasteiger partial charge on any atom is -0.566 e. The van der Waals surface area contributed by atoms with E-state index in [0.29, 0.717) is 0 Å². The Hall–Kier alpha value is 0.843. The molecule has 2 fully saturated rings. The van der Waals surface area contributed by atoms with Crippen molar-refractivity contribution in [1.82, 2.24) is 0 Å². The summed E-state index contributed by atoms with van der Waals surface area (Å²) < 4.78 is 0. The Bertz CT molecular complexity index is 61.5. The molecule has 10 radical (unpaired) electrons. The minimum atomic E-state index is 0. The molecule has 0 aromatic heterocycles. The van der Waals surface area contributed by atoms with E-state index in [4.69, 9.17) is 5.11 Å². The van der Waals surface area contributed by atoms with Crippen LogP contribution in [0.5, 0.6) is 0 Å². The molecular weight excluding hydrogens is 275 g/mol. The fourth-order valence-electron chi connectivity index (χ4n) is 0.642. The summed E-state index contributed by atoms with van der Waals surface area (Å²) in [6, 6.07) is 0. The second-order valence-corrected chi connectivity index (χ2v) is 2.52. The molecule has 2 rings (SSSR count). The summed E-state index contributed by atoms with van der Waals surface area (Å²) in [4.78, 5) is 0. The first-order valence-corrected chi connectivity index (χ1v) is 4.71. The van der Waals surface area contributed by atoms with Gasteiger partial charge in [0.15, 0.2) is 0 Å². The molecule has 0 saturated heterocycles. The van der Waals surface area contributed by atoms with Crippen molar-refractivity contribution in [2.45, 2.75) is 13.3 Å². The van der Waals surface area contributed by atoms with Gasteiger partial charge in [0.1, 0.15) is 0 Å². The molecule has 0 unspecified atom stereocenters. The van der Waals surface area contributed by atoms with Gasteiger partial charge in [0, 0.05) is 0 Å². The van der Waals surface area contributed by atoms with Crippen molar-refractivity contribution < 1.29 is 31.3 Å². The molecule has 86 valence electrons. The van der Waals surface area contributed by atoms with E-state index in [1.165, 1.54) is 0 Å². The number of aliphatic hydroxyl groups excluding tert-OH is 1. The molecule has 0 aromatic carbocycles. The third kappa shape index (κ3) is 20.3. The Balaban J connectivity index is -0.000000151. The summed E-state index contributed by atoms with van der Waals surface area (Å²) in [6.07, 6.45) is 20.8. The van der Waals surface area contributed by atoms with E-state index in [9.17, 15) is 0 Å². The van der Waals surface area contributed by atoms with Crippen molar-refractivity contribution in [1.29, 1.82) is 0 Å². The number of rotatable bonds is 1. The third-order valence-corrected chi connectivity index (χ3v) is 1.29. The fourth-order valence-corrected chi connectivity index (χ4v) is 0.642. The van der Waals surface area contributed by atoms with Crippen LogP contribution in [-0.2, 0) is 26.2 Å². The largest absolute Gasteiger partial charge is 2.00 e. The van der Waals surface area contributed by atoms with Crippen LogP contribution < -0.4 is 0 Å². The number of hydrogen-bond acceptors (Lipinski definition) is 1. The van der Waals surface area contributed by atoms with Gasteiger partial charge in [-0.1, -0.05) is 6.92 Å². The second-order valence-electron chi connectivity index (χ2n) is 2.52. The van der Waals surface area contributed by atoms with Crippen LogP contribution in [-0.4, -0.2) is 5.11 Å². The summed E-state index contributed by atoms with van der Waals surface area (Å²) in [5.74, 6) is 0. The van der Waals surface area contributed by atoms with E-state index in [1.54, 1.807) is 0 Å². The molecule has 0 heterocycles. The Labute approximate surface area is 123 Å². The molecular formula is C14H20OZr. The molecule has 0 bridgehead atoms. The van der Waals surface area contributed by atoms with Gasteiger partial charge in [-0.2, -0.15) is 6.42 Å². The number of hydrogen-bond donors (Lipinski definition) is 1. The van der Waals surface area contributed by atoms with Gasteiger partial charge in [-0.05, 0) is 64.2 Å². The van der Waals surface area contributed by atoms with Crippen molar-refractivity contribution in [2.24, 2.45) is 0 Å². The van der Waals surface area contributed by atoms with E-state index >= 15 is 0 Å². The normalized spacial score (nSPS) is 16.9. The van der Waals surface area contributed by atoms with Gasteiger partial charge >= 0.3 is 26.2 Å². The van der Waals surface area contributed by atoms with Crippen molar-refractivity contribution in [3.05, 3.63) is 78.2 Å². The SMILES string of the molecule is CC[CH-]O.[CH3-].[CH]1[CH][CH][CH][CH]1.[CH]1[CH][CH][CH][CH]1.[Zr+2]. The monoisotopic (exact) mass is 294 g/mol. The Kier molecular flexibility index (Phi) is 29.2. The van der Waals surface area contributed by atoms with E-state index in [2.05, 4.69) is 0 Å². The molecule has 0 atom stereocenters. The van der Waals surface area contributed by atoms with Crippen LogP contribution in [0.15, 0.2) is 0 Å². The average Bonchev–Trinajstić information content (AvgIpc) is 2.94. The summed E-state index contributed by atoms with van der Waals surface area (Å²) in [5, 5.41) is 7.75. The fraction of sp³-hybridized carbons (Fsp3) is 0.143. The molecule has 16 heavy (non-hydrogen) atoms. The second kappa shape index (κ2) is 21.2. The van der Waals surface area contributed by atoms with Gasteiger partial charge < -0.3 is 12.5 Å². The molecule has 2 heteroatoms. The van der Waals surface area contributed by atoms with Crippen LogP contribution in [0, 0.1) is 78.2 Å². The van der Waals surface area contributed by atoms with Gasteiger partial charge in [-0.3, -0.25) is 0 Å². The van der Waals surface area contributed by atoms with Gasteiger partial charge in [0.05, 0.1) is 0 Å². The smallest absolute Gasteiger partial charge is 0.566 e. The van der Waals surface area contributed by atoms with Crippen molar-refractivity contribution >= 4 is 0 Å². The maximum atomic E-state index is 7.75. The number of aliphatic hydroxyl groups is 1. The van der Waals surface area contributed by atoms with E-state index in [1.807, 2.05) is 71.1 Å². The first kappa shape index (κ1) is 22.1. The minimum absolute atomic E-state index is 0.